The van der Waals surface area contributed by atoms with Gasteiger partial charge in [0, 0.05) is 49.4 Å². The molecule has 0 bridgehead atoms. The Bertz CT molecular complexity index is 919. The van der Waals surface area contributed by atoms with Crippen LogP contribution in [-0.4, -0.2) is 68.0 Å². The SMILES string of the molecule is CC(C)S(=O)(=O)N1CCN(CCNC(=O)c2sc3ccccc3c2Cl)CC1. The molecule has 1 saturated heterocycles. The molecule has 1 aliphatic rings. The number of hydrogen-bond donors (Lipinski definition) is 1. The first-order valence-corrected chi connectivity index (χ1v) is 11.7. The molecule has 9 heteroatoms. The predicted molar refractivity (Wildman–Crippen MR) is 111 cm³/mol. The first kappa shape index (κ1) is 20.5. The number of sulfonamides is 1. The number of benzene rings is 1. The number of carbonyl (C=O) groups excluding carboxylic acids is 1. The minimum absolute atomic E-state index is 0.165. The summed E-state index contributed by atoms with van der Waals surface area (Å²) in [6, 6.07) is 7.70. The van der Waals surface area contributed by atoms with Crippen LogP contribution in [-0.2, 0) is 10.0 Å². The fourth-order valence-electron chi connectivity index (χ4n) is 3.07. The molecule has 0 unspecified atom stereocenters. The maximum Gasteiger partial charge on any atom is 0.262 e. The van der Waals surface area contributed by atoms with E-state index in [1.807, 2.05) is 24.3 Å². The van der Waals surface area contributed by atoms with Crippen molar-refractivity contribution in [3.05, 3.63) is 34.2 Å². The van der Waals surface area contributed by atoms with Gasteiger partial charge >= 0.3 is 0 Å². The largest absolute Gasteiger partial charge is 0.350 e. The Hall–Kier alpha value is -1.19. The van der Waals surface area contributed by atoms with Gasteiger partial charge in [0.15, 0.2) is 0 Å². The van der Waals surface area contributed by atoms with Crippen molar-refractivity contribution in [2.75, 3.05) is 39.3 Å². The normalized spacial score (nSPS) is 16.9. The average molecular weight is 430 g/mol. The first-order chi connectivity index (χ1) is 12.8. The fourth-order valence-corrected chi connectivity index (χ4v) is 5.78. The number of fused-ring (bicyclic) bond motifs is 1. The van der Waals surface area contributed by atoms with Crippen LogP contribution in [0.25, 0.3) is 10.1 Å². The smallest absolute Gasteiger partial charge is 0.262 e. The van der Waals surface area contributed by atoms with E-state index in [9.17, 15) is 13.2 Å². The predicted octanol–water partition coefficient (Wildman–Crippen LogP) is 2.64. The van der Waals surface area contributed by atoms with Gasteiger partial charge in [-0.2, -0.15) is 4.31 Å². The number of nitrogens with zero attached hydrogens (tertiary/aromatic N) is 2. The van der Waals surface area contributed by atoms with Gasteiger partial charge in [0.05, 0.1) is 10.3 Å². The van der Waals surface area contributed by atoms with Crippen molar-refractivity contribution >= 4 is 49.0 Å². The van der Waals surface area contributed by atoms with Crippen LogP contribution < -0.4 is 5.32 Å². The molecule has 27 heavy (non-hydrogen) atoms. The van der Waals surface area contributed by atoms with Crippen molar-refractivity contribution < 1.29 is 13.2 Å². The number of halogens is 1. The Balaban J connectivity index is 1.49. The molecule has 2 aromatic rings. The number of piperazine rings is 1. The van der Waals surface area contributed by atoms with E-state index in [2.05, 4.69) is 10.2 Å². The summed E-state index contributed by atoms with van der Waals surface area (Å²) in [5.74, 6) is -0.165. The molecule has 6 nitrogen and oxygen atoms in total. The summed E-state index contributed by atoms with van der Waals surface area (Å²) < 4.78 is 26.9. The second-order valence-electron chi connectivity index (χ2n) is 6.83. The summed E-state index contributed by atoms with van der Waals surface area (Å²) in [6.45, 7) is 6.93. The van der Waals surface area contributed by atoms with Crippen molar-refractivity contribution in [1.82, 2.24) is 14.5 Å². The average Bonchev–Trinajstić information content (AvgIpc) is 2.99. The van der Waals surface area contributed by atoms with Gasteiger partial charge in [0.25, 0.3) is 5.91 Å². The highest BCUT2D eigenvalue weighted by Crippen LogP contribution is 2.34. The highest BCUT2D eigenvalue weighted by molar-refractivity contribution is 7.89. The van der Waals surface area contributed by atoms with Crippen LogP contribution in [0.5, 0.6) is 0 Å². The third-order valence-corrected chi connectivity index (χ3v) is 8.69. The number of hydrogen-bond acceptors (Lipinski definition) is 5. The standard InChI is InChI=1S/C18H24ClN3O3S2/c1-13(2)27(24,25)22-11-9-21(10-12-22)8-7-20-18(23)17-16(19)14-5-3-4-6-15(14)26-17/h3-6,13H,7-12H2,1-2H3,(H,20,23). The summed E-state index contributed by atoms with van der Waals surface area (Å²) in [5, 5.41) is 3.93. The van der Waals surface area contributed by atoms with Crippen LogP contribution in [0.1, 0.15) is 23.5 Å². The van der Waals surface area contributed by atoms with E-state index in [0.717, 1.165) is 10.1 Å². The van der Waals surface area contributed by atoms with Crippen LogP contribution in [0.15, 0.2) is 24.3 Å². The van der Waals surface area contributed by atoms with Gasteiger partial charge < -0.3 is 5.32 Å². The third kappa shape index (κ3) is 4.46. The van der Waals surface area contributed by atoms with Gasteiger partial charge in [-0.15, -0.1) is 11.3 Å². The molecule has 1 aliphatic heterocycles. The highest BCUT2D eigenvalue weighted by Gasteiger charge is 2.29. The van der Waals surface area contributed by atoms with E-state index in [1.54, 1.807) is 18.2 Å². The second kappa shape index (κ2) is 8.45. The molecule has 1 fully saturated rings. The topological polar surface area (TPSA) is 69.7 Å². The lowest BCUT2D eigenvalue weighted by Crippen LogP contribution is -2.51. The summed E-state index contributed by atoms with van der Waals surface area (Å²) in [6.07, 6.45) is 0. The summed E-state index contributed by atoms with van der Waals surface area (Å²) in [4.78, 5) is 15.1. The Morgan fingerprint density at radius 3 is 2.52 bits per heavy atom. The second-order valence-corrected chi connectivity index (χ2v) is 10.8. The highest BCUT2D eigenvalue weighted by atomic mass is 35.5. The lowest BCUT2D eigenvalue weighted by Gasteiger charge is -2.34. The van der Waals surface area contributed by atoms with Crippen molar-refractivity contribution in [2.45, 2.75) is 19.1 Å². The molecular formula is C18H24ClN3O3S2. The van der Waals surface area contributed by atoms with Crippen molar-refractivity contribution in [2.24, 2.45) is 0 Å². The van der Waals surface area contributed by atoms with Crippen LogP contribution >= 0.6 is 22.9 Å². The van der Waals surface area contributed by atoms with Crippen molar-refractivity contribution in [3.63, 3.8) is 0 Å². The molecule has 1 aromatic heterocycles. The molecule has 3 rings (SSSR count). The van der Waals surface area contributed by atoms with Gasteiger partial charge in [0.2, 0.25) is 10.0 Å². The van der Waals surface area contributed by atoms with Crippen LogP contribution in [0, 0.1) is 0 Å². The van der Waals surface area contributed by atoms with E-state index in [4.69, 9.17) is 11.6 Å². The van der Waals surface area contributed by atoms with Gasteiger partial charge in [-0.1, -0.05) is 29.8 Å². The van der Waals surface area contributed by atoms with Gasteiger partial charge in [-0.05, 0) is 19.9 Å². The first-order valence-electron chi connectivity index (χ1n) is 8.97. The molecular weight excluding hydrogens is 406 g/mol. The van der Waals surface area contributed by atoms with Gasteiger partial charge in [-0.25, -0.2) is 8.42 Å². The molecule has 0 spiro atoms. The molecule has 148 valence electrons. The van der Waals surface area contributed by atoms with Gasteiger partial charge in [0.1, 0.15) is 4.88 Å². The number of carbonyl (C=O) groups is 1. The zero-order valence-electron chi connectivity index (χ0n) is 15.4. The lowest BCUT2D eigenvalue weighted by atomic mass is 10.2. The summed E-state index contributed by atoms with van der Waals surface area (Å²) in [7, 11) is -3.19. The minimum Gasteiger partial charge on any atom is -0.350 e. The Morgan fingerprint density at radius 2 is 1.89 bits per heavy atom. The number of thiophene rings is 1. The van der Waals surface area contributed by atoms with Crippen LogP contribution in [0.2, 0.25) is 5.02 Å². The van der Waals surface area contributed by atoms with E-state index in [0.29, 0.717) is 49.2 Å². The third-order valence-electron chi connectivity index (χ3n) is 4.74. The maximum atomic E-state index is 12.4. The number of rotatable bonds is 6. The van der Waals surface area contributed by atoms with E-state index < -0.39 is 15.3 Å². The molecule has 0 radical (unpaired) electrons. The quantitative estimate of drug-likeness (QED) is 0.766. The lowest BCUT2D eigenvalue weighted by molar-refractivity contribution is 0.0949. The Labute approximate surface area is 169 Å². The molecule has 1 aromatic carbocycles. The zero-order valence-corrected chi connectivity index (χ0v) is 17.8. The van der Waals surface area contributed by atoms with E-state index in [1.165, 1.54) is 11.3 Å². The summed E-state index contributed by atoms with van der Waals surface area (Å²) >= 11 is 7.73. The van der Waals surface area contributed by atoms with Crippen LogP contribution in [0.3, 0.4) is 0 Å². The zero-order chi connectivity index (χ0) is 19.6. The van der Waals surface area contributed by atoms with Crippen molar-refractivity contribution in [3.8, 4) is 0 Å². The Morgan fingerprint density at radius 1 is 1.22 bits per heavy atom. The van der Waals surface area contributed by atoms with E-state index in [-0.39, 0.29) is 5.91 Å². The number of amides is 1. The van der Waals surface area contributed by atoms with E-state index >= 15 is 0 Å². The monoisotopic (exact) mass is 429 g/mol. The number of nitrogens with one attached hydrogen (secondary N) is 1. The molecule has 0 atom stereocenters. The Kier molecular flexibility index (Phi) is 6.43. The summed E-state index contributed by atoms with van der Waals surface area (Å²) in [5.41, 5.74) is 0. The minimum atomic E-state index is -3.19. The molecule has 0 saturated carbocycles. The van der Waals surface area contributed by atoms with Crippen molar-refractivity contribution in [1.29, 1.82) is 0 Å². The molecule has 1 N–H and O–H groups in total. The molecule has 0 aliphatic carbocycles. The van der Waals surface area contributed by atoms with Gasteiger partial charge in [-0.3, -0.25) is 9.69 Å². The fraction of sp³-hybridized carbons (Fsp3) is 0.500. The maximum absolute atomic E-state index is 12.4. The molecule has 1 amide bonds. The van der Waals surface area contributed by atoms with Crippen LogP contribution in [0.4, 0.5) is 0 Å². The molecule has 2 heterocycles.